The molecular weight excluding hydrogens is 584 g/mol. The molecule has 45 heavy (non-hydrogen) atoms. The van der Waals surface area contributed by atoms with E-state index < -0.39 is 76.7 Å². The van der Waals surface area contributed by atoms with Crippen LogP contribution in [0.2, 0.25) is 0 Å². The van der Waals surface area contributed by atoms with Crippen molar-refractivity contribution in [2.24, 2.45) is 17.3 Å². The molecule has 2 aromatic heterocycles. The highest BCUT2D eigenvalue weighted by molar-refractivity contribution is 5.90. The average Bonchev–Trinajstić information content (AvgIpc) is 3.76. The Bertz CT molecular complexity index is 1560. The summed E-state index contributed by atoms with van der Waals surface area (Å²) >= 11 is 0. The van der Waals surface area contributed by atoms with Crippen LogP contribution in [0.15, 0.2) is 76.4 Å². The molecule has 11 heteroatoms. The third-order valence-electron chi connectivity index (χ3n) is 9.90. The molecule has 238 valence electrons. The van der Waals surface area contributed by atoms with Crippen molar-refractivity contribution in [3.8, 4) is 0 Å². The number of carbonyl (C=O) groups excluding carboxylic acids is 4. The zero-order valence-corrected chi connectivity index (χ0v) is 25.7. The van der Waals surface area contributed by atoms with Crippen LogP contribution in [-0.4, -0.2) is 59.5 Å². The number of hydrogen-bond acceptors (Lipinski definition) is 11. The molecule has 0 N–H and O–H groups in total. The van der Waals surface area contributed by atoms with E-state index in [1.807, 2.05) is 20.8 Å². The van der Waals surface area contributed by atoms with E-state index in [0.29, 0.717) is 5.56 Å². The number of furan rings is 2. The zero-order valence-electron chi connectivity index (χ0n) is 25.7. The smallest absolute Gasteiger partial charge is 0.341 e. The van der Waals surface area contributed by atoms with Crippen LogP contribution in [0, 0.1) is 17.3 Å². The number of rotatable bonds is 7. The van der Waals surface area contributed by atoms with Gasteiger partial charge in [-0.2, -0.15) is 0 Å². The molecule has 0 amide bonds. The molecular formula is C34H36O11. The van der Waals surface area contributed by atoms with Crippen LogP contribution in [0.5, 0.6) is 0 Å². The van der Waals surface area contributed by atoms with E-state index in [4.69, 9.17) is 32.5 Å². The summed E-state index contributed by atoms with van der Waals surface area (Å²) in [5.74, 6) is -3.34. The molecule has 0 unspecified atom stereocenters. The molecule has 3 heterocycles. The Morgan fingerprint density at radius 3 is 1.91 bits per heavy atom. The van der Waals surface area contributed by atoms with Gasteiger partial charge >= 0.3 is 23.9 Å². The molecule has 1 spiro atoms. The van der Waals surface area contributed by atoms with Crippen LogP contribution in [0.4, 0.5) is 0 Å². The Morgan fingerprint density at radius 2 is 1.33 bits per heavy atom. The first-order chi connectivity index (χ1) is 21.4. The van der Waals surface area contributed by atoms with Gasteiger partial charge in [0.1, 0.15) is 36.4 Å². The quantitative estimate of drug-likeness (QED) is 0.248. The lowest BCUT2D eigenvalue weighted by Gasteiger charge is -2.62. The van der Waals surface area contributed by atoms with Crippen LogP contribution >= 0.6 is 0 Å². The van der Waals surface area contributed by atoms with Gasteiger partial charge in [0.2, 0.25) is 0 Å². The molecule has 2 bridgehead atoms. The van der Waals surface area contributed by atoms with E-state index in [-0.39, 0.29) is 24.0 Å². The number of benzene rings is 1. The Hall–Kier alpha value is -4.38. The molecule has 6 rings (SSSR count). The number of carbonyl (C=O) groups is 4. The lowest BCUT2D eigenvalue weighted by Crippen LogP contribution is -2.76. The summed E-state index contributed by atoms with van der Waals surface area (Å²) in [6, 6.07) is 11.5. The van der Waals surface area contributed by atoms with Crippen LogP contribution in [0.25, 0.3) is 0 Å². The molecule has 3 aliphatic rings. The van der Waals surface area contributed by atoms with Gasteiger partial charge in [0.25, 0.3) is 0 Å². The maximum absolute atomic E-state index is 13.6. The van der Waals surface area contributed by atoms with Gasteiger partial charge in [0.05, 0.1) is 40.2 Å². The second-order valence-corrected chi connectivity index (χ2v) is 12.8. The van der Waals surface area contributed by atoms with E-state index >= 15 is 0 Å². The maximum atomic E-state index is 13.6. The minimum atomic E-state index is -1.37. The molecule has 0 radical (unpaired) electrons. The fraction of sp³-hybridized carbons (Fsp3) is 0.471. The van der Waals surface area contributed by atoms with Gasteiger partial charge in [-0.3, -0.25) is 4.79 Å². The monoisotopic (exact) mass is 620 g/mol. The second kappa shape index (κ2) is 11.2. The molecule has 1 saturated heterocycles. The van der Waals surface area contributed by atoms with E-state index in [1.165, 1.54) is 44.1 Å². The van der Waals surface area contributed by atoms with Crippen LogP contribution in [0.3, 0.4) is 0 Å². The topological polar surface area (TPSA) is 141 Å². The van der Waals surface area contributed by atoms with E-state index in [2.05, 4.69) is 0 Å². The second-order valence-electron chi connectivity index (χ2n) is 12.8. The number of hydrogen-bond donors (Lipinski definition) is 0. The molecule has 2 aliphatic carbocycles. The molecule has 1 aromatic carbocycles. The highest BCUT2D eigenvalue weighted by atomic mass is 16.6. The van der Waals surface area contributed by atoms with Crippen molar-refractivity contribution in [2.45, 2.75) is 83.1 Å². The third-order valence-corrected chi connectivity index (χ3v) is 9.90. The van der Waals surface area contributed by atoms with Crippen LogP contribution in [-0.2, 0) is 28.5 Å². The van der Waals surface area contributed by atoms with Gasteiger partial charge in [0, 0.05) is 12.8 Å². The fourth-order valence-electron chi connectivity index (χ4n) is 7.88. The van der Waals surface area contributed by atoms with Gasteiger partial charge < -0.3 is 32.5 Å². The van der Waals surface area contributed by atoms with Crippen LogP contribution in [0.1, 0.15) is 78.5 Å². The lowest BCUT2D eigenvalue weighted by atomic mass is 9.48. The van der Waals surface area contributed by atoms with E-state index in [9.17, 15) is 19.2 Å². The van der Waals surface area contributed by atoms with Crippen molar-refractivity contribution in [3.63, 3.8) is 0 Å². The minimum absolute atomic E-state index is 0.190. The number of ether oxygens (including phenoxy) is 5. The molecule has 3 fully saturated rings. The minimum Gasteiger partial charge on any atom is -0.472 e. The summed E-state index contributed by atoms with van der Waals surface area (Å²) in [5, 5.41) is 0. The van der Waals surface area contributed by atoms with Crippen molar-refractivity contribution in [1.29, 1.82) is 0 Å². The largest absolute Gasteiger partial charge is 0.472 e. The Balaban J connectivity index is 1.48. The SMILES string of the molecule is CC(=O)O[C@H]1[C@@H](OC(=O)c2ccoc2)C[C@@H](C)[C@]23OC(C)(C)[C@H](C[C@H](OC(=O)c4ccccc4)[C@]12C)[C@H]3OC(=O)c1ccoc1. The van der Waals surface area contributed by atoms with Crippen molar-refractivity contribution in [2.75, 3.05) is 0 Å². The van der Waals surface area contributed by atoms with Crippen molar-refractivity contribution in [1.82, 2.24) is 0 Å². The molecule has 3 aromatic rings. The number of esters is 4. The summed E-state index contributed by atoms with van der Waals surface area (Å²) < 4.78 is 41.9. The first kappa shape index (κ1) is 30.6. The van der Waals surface area contributed by atoms with Crippen molar-refractivity contribution >= 4 is 23.9 Å². The fourth-order valence-corrected chi connectivity index (χ4v) is 7.88. The molecule has 8 atom stereocenters. The number of fused-ring (bicyclic) bond motifs is 1. The standard InChI is InChI=1S/C34H36O11/c1-19-15-25(42-30(37)22-11-13-39-17-22)28(41-20(2)35)33(5)26(43-29(36)21-9-7-6-8-10-21)16-24-27(34(19,33)45-32(24,3)4)44-31(38)23-12-14-40-18-23/h6-14,17-19,24-28H,15-16H2,1-5H3/t19-,24-,25+,26+,27-,28+,33-,34-/m1/s1. The summed E-state index contributed by atoms with van der Waals surface area (Å²) in [4.78, 5) is 53.0. The van der Waals surface area contributed by atoms with Gasteiger partial charge in [0.15, 0.2) is 6.10 Å². The first-order valence-corrected chi connectivity index (χ1v) is 15.0. The molecule has 1 aliphatic heterocycles. The lowest BCUT2D eigenvalue weighted by molar-refractivity contribution is -0.300. The normalized spacial score (nSPS) is 33.0. The van der Waals surface area contributed by atoms with E-state index in [0.717, 1.165) is 0 Å². The third kappa shape index (κ3) is 4.93. The van der Waals surface area contributed by atoms with Crippen LogP contribution < -0.4 is 0 Å². The van der Waals surface area contributed by atoms with Crippen molar-refractivity contribution < 1.29 is 51.7 Å². The predicted octanol–water partition coefficient (Wildman–Crippen LogP) is 5.39. The average molecular weight is 621 g/mol. The Labute approximate surface area is 260 Å². The van der Waals surface area contributed by atoms with Gasteiger partial charge in [-0.05, 0) is 63.8 Å². The summed E-state index contributed by atoms with van der Waals surface area (Å²) in [5.41, 5.74) is -2.80. The van der Waals surface area contributed by atoms with E-state index in [1.54, 1.807) is 37.3 Å². The molecule has 11 nitrogen and oxygen atoms in total. The first-order valence-electron chi connectivity index (χ1n) is 15.0. The van der Waals surface area contributed by atoms with Gasteiger partial charge in [-0.15, -0.1) is 0 Å². The Kier molecular flexibility index (Phi) is 7.63. The van der Waals surface area contributed by atoms with Crippen molar-refractivity contribution in [3.05, 3.63) is 84.2 Å². The Morgan fingerprint density at radius 1 is 0.733 bits per heavy atom. The highest BCUT2D eigenvalue weighted by Gasteiger charge is 2.80. The highest BCUT2D eigenvalue weighted by Crippen LogP contribution is 2.68. The summed E-state index contributed by atoms with van der Waals surface area (Å²) in [6.07, 6.45) is 1.85. The van der Waals surface area contributed by atoms with Gasteiger partial charge in [-0.1, -0.05) is 25.1 Å². The molecule has 2 saturated carbocycles. The van der Waals surface area contributed by atoms with Gasteiger partial charge in [-0.25, -0.2) is 14.4 Å². The maximum Gasteiger partial charge on any atom is 0.341 e. The zero-order chi connectivity index (χ0) is 32.1. The summed E-state index contributed by atoms with van der Waals surface area (Å²) in [7, 11) is 0. The summed E-state index contributed by atoms with van der Waals surface area (Å²) in [6.45, 7) is 8.79. The predicted molar refractivity (Wildman–Crippen MR) is 155 cm³/mol.